The summed E-state index contributed by atoms with van der Waals surface area (Å²) in [4.78, 5) is 11.0. The Kier molecular flexibility index (Phi) is 5.00. The molecule has 1 saturated heterocycles. The Morgan fingerprint density at radius 2 is 1.85 bits per heavy atom. The van der Waals surface area contributed by atoms with Gasteiger partial charge in [0.15, 0.2) is 0 Å². The minimum atomic E-state index is -3.72. The summed E-state index contributed by atoms with van der Waals surface area (Å²) in [6, 6.07) is -0.459. The molecule has 7 nitrogen and oxygen atoms in total. The molecule has 2 rings (SSSR count). The molecule has 20 heavy (non-hydrogen) atoms. The molecule has 1 saturated carbocycles. The fraction of sp³-hybridized carbons (Fsp3) is 0.917. The van der Waals surface area contributed by atoms with Crippen LogP contribution in [0.3, 0.4) is 0 Å². The summed E-state index contributed by atoms with van der Waals surface area (Å²) in [6.07, 6.45) is 3.42. The van der Waals surface area contributed by atoms with E-state index in [1.54, 1.807) is 0 Å². The highest BCUT2D eigenvalue weighted by Gasteiger charge is 2.35. The molecule has 0 aromatic rings. The first-order valence-corrected chi connectivity index (χ1v) is 8.52. The number of aliphatic hydroxyl groups excluding tert-OH is 1. The molecule has 1 unspecified atom stereocenters. The monoisotopic (exact) mass is 306 g/mol. The van der Waals surface area contributed by atoms with Crippen LogP contribution in [0.5, 0.6) is 0 Å². The Bertz CT molecular complexity index is 453. The minimum absolute atomic E-state index is 0.00742. The van der Waals surface area contributed by atoms with Crippen LogP contribution in [0, 0.1) is 5.92 Å². The third-order valence-electron chi connectivity index (χ3n) is 4.10. The maximum Gasteiger partial charge on any atom is 0.307 e. The molecule has 116 valence electrons. The van der Waals surface area contributed by atoms with Gasteiger partial charge in [0.1, 0.15) is 0 Å². The van der Waals surface area contributed by atoms with E-state index in [0.717, 1.165) is 12.8 Å². The molecule has 8 heteroatoms. The molecule has 2 aliphatic rings. The van der Waals surface area contributed by atoms with Crippen molar-refractivity contribution in [2.45, 2.75) is 50.7 Å². The summed E-state index contributed by atoms with van der Waals surface area (Å²) in [5.41, 5.74) is 0. The van der Waals surface area contributed by atoms with Crippen LogP contribution in [0.1, 0.15) is 38.5 Å². The van der Waals surface area contributed by atoms with Crippen LogP contribution in [0.4, 0.5) is 0 Å². The van der Waals surface area contributed by atoms with Gasteiger partial charge in [0.2, 0.25) is 0 Å². The molecular formula is C12H22N2O5S. The first kappa shape index (κ1) is 15.7. The summed E-state index contributed by atoms with van der Waals surface area (Å²) >= 11 is 0. The molecule has 0 bridgehead atoms. The van der Waals surface area contributed by atoms with Gasteiger partial charge in [-0.3, -0.25) is 4.79 Å². The summed E-state index contributed by atoms with van der Waals surface area (Å²) < 4.78 is 28.3. The summed E-state index contributed by atoms with van der Waals surface area (Å²) in [5.74, 6) is -1.60. The lowest BCUT2D eigenvalue weighted by molar-refractivity contribution is -0.142. The van der Waals surface area contributed by atoms with E-state index < -0.39 is 34.2 Å². The second kappa shape index (κ2) is 6.38. The van der Waals surface area contributed by atoms with Gasteiger partial charge in [0, 0.05) is 19.1 Å². The van der Waals surface area contributed by atoms with Crippen LogP contribution in [-0.2, 0) is 15.0 Å². The van der Waals surface area contributed by atoms with Crippen LogP contribution in [0.2, 0.25) is 0 Å². The number of hydrogen-bond acceptors (Lipinski definition) is 4. The van der Waals surface area contributed by atoms with E-state index in [-0.39, 0.29) is 6.54 Å². The van der Waals surface area contributed by atoms with Gasteiger partial charge in [-0.05, 0) is 25.7 Å². The van der Waals surface area contributed by atoms with Gasteiger partial charge in [-0.2, -0.15) is 17.4 Å². The molecule has 3 atom stereocenters. The maximum atomic E-state index is 12.3. The number of carboxylic acid groups (broad SMARTS) is 1. The van der Waals surface area contributed by atoms with Crippen molar-refractivity contribution < 1.29 is 23.4 Å². The fourth-order valence-electron chi connectivity index (χ4n) is 2.88. The van der Waals surface area contributed by atoms with E-state index in [0.29, 0.717) is 32.2 Å². The molecule has 3 N–H and O–H groups in total. The topological polar surface area (TPSA) is 107 Å². The van der Waals surface area contributed by atoms with Crippen molar-refractivity contribution in [3.63, 3.8) is 0 Å². The molecule has 1 aliphatic heterocycles. The third-order valence-corrected chi connectivity index (χ3v) is 5.72. The zero-order valence-corrected chi connectivity index (χ0v) is 12.2. The van der Waals surface area contributed by atoms with Crippen molar-refractivity contribution in [1.29, 1.82) is 0 Å². The van der Waals surface area contributed by atoms with Gasteiger partial charge in [0.05, 0.1) is 12.0 Å². The second-order valence-corrected chi connectivity index (χ2v) is 7.32. The number of nitrogens with one attached hydrogen (secondary N) is 1. The minimum Gasteiger partial charge on any atom is -0.481 e. The lowest BCUT2D eigenvalue weighted by Crippen LogP contribution is -2.53. The van der Waals surface area contributed by atoms with Gasteiger partial charge < -0.3 is 10.2 Å². The predicted octanol–water partition coefficient (Wildman–Crippen LogP) is -0.0791. The Morgan fingerprint density at radius 1 is 1.15 bits per heavy atom. The Hall–Kier alpha value is -0.700. The van der Waals surface area contributed by atoms with Crippen molar-refractivity contribution in [3.8, 4) is 0 Å². The molecule has 1 heterocycles. The number of nitrogens with zero attached hydrogens (tertiary/aromatic N) is 1. The molecule has 2 fully saturated rings. The van der Waals surface area contributed by atoms with Crippen LogP contribution in [0.15, 0.2) is 0 Å². The van der Waals surface area contributed by atoms with Gasteiger partial charge >= 0.3 is 5.97 Å². The van der Waals surface area contributed by atoms with Gasteiger partial charge in [-0.25, -0.2) is 0 Å². The summed E-state index contributed by atoms with van der Waals surface area (Å²) in [6.45, 7) is 0.343. The number of carbonyl (C=O) groups is 1. The van der Waals surface area contributed by atoms with Crippen LogP contribution in [0.25, 0.3) is 0 Å². The molecule has 1 aliphatic carbocycles. The number of carboxylic acids is 1. The quantitative estimate of drug-likeness (QED) is 0.673. The highest BCUT2D eigenvalue weighted by atomic mass is 32.2. The van der Waals surface area contributed by atoms with Crippen molar-refractivity contribution >= 4 is 16.2 Å². The smallest absolute Gasteiger partial charge is 0.307 e. The number of rotatable bonds is 4. The highest BCUT2D eigenvalue weighted by Crippen LogP contribution is 2.22. The Labute approximate surface area is 119 Å². The van der Waals surface area contributed by atoms with E-state index in [1.165, 1.54) is 4.31 Å². The van der Waals surface area contributed by atoms with Gasteiger partial charge in [-0.1, -0.05) is 12.8 Å². The molecule has 0 amide bonds. The standard InChI is InChI=1S/C12H22N2O5S/c15-11-6-2-1-5-10(11)13-20(18,19)14-7-3-4-9(8-14)12(16)17/h9-11,13,15H,1-8H2,(H,16,17)/t9?,10-,11-/m1/s1. The summed E-state index contributed by atoms with van der Waals surface area (Å²) in [7, 11) is -3.72. The maximum absolute atomic E-state index is 12.3. The first-order chi connectivity index (χ1) is 9.40. The molecule has 0 aromatic heterocycles. The van der Waals surface area contributed by atoms with Crippen molar-refractivity contribution in [2.24, 2.45) is 5.92 Å². The van der Waals surface area contributed by atoms with Crippen molar-refractivity contribution in [1.82, 2.24) is 9.03 Å². The number of aliphatic carboxylic acids is 1. The second-order valence-electron chi connectivity index (χ2n) is 5.62. The first-order valence-electron chi connectivity index (χ1n) is 7.08. The van der Waals surface area contributed by atoms with E-state index >= 15 is 0 Å². The van der Waals surface area contributed by atoms with Crippen molar-refractivity contribution in [2.75, 3.05) is 13.1 Å². The number of aliphatic hydroxyl groups is 1. The highest BCUT2D eigenvalue weighted by molar-refractivity contribution is 7.87. The zero-order chi connectivity index (χ0) is 14.8. The lowest BCUT2D eigenvalue weighted by Gasteiger charge is -2.34. The van der Waals surface area contributed by atoms with Crippen LogP contribution >= 0.6 is 0 Å². The lowest BCUT2D eigenvalue weighted by atomic mass is 9.93. The number of hydrogen-bond donors (Lipinski definition) is 3. The molecule has 0 aromatic carbocycles. The van der Waals surface area contributed by atoms with E-state index in [2.05, 4.69) is 4.72 Å². The molecule has 0 radical (unpaired) electrons. The van der Waals surface area contributed by atoms with Gasteiger partial charge in [-0.15, -0.1) is 0 Å². The number of piperidine rings is 1. The Balaban J connectivity index is 2.00. The molecular weight excluding hydrogens is 284 g/mol. The van der Waals surface area contributed by atoms with E-state index in [1.807, 2.05) is 0 Å². The SMILES string of the molecule is O=C(O)C1CCCN(S(=O)(=O)N[C@@H]2CCCC[C@H]2O)C1. The zero-order valence-electron chi connectivity index (χ0n) is 11.4. The van der Waals surface area contributed by atoms with E-state index in [4.69, 9.17) is 5.11 Å². The fourth-order valence-corrected chi connectivity index (χ4v) is 4.43. The third kappa shape index (κ3) is 3.69. The van der Waals surface area contributed by atoms with Crippen molar-refractivity contribution in [3.05, 3.63) is 0 Å². The van der Waals surface area contributed by atoms with Crippen LogP contribution < -0.4 is 4.72 Å². The van der Waals surface area contributed by atoms with Crippen LogP contribution in [-0.4, -0.2) is 54.1 Å². The average molecular weight is 306 g/mol. The largest absolute Gasteiger partial charge is 0.481 e. The predicted molar refractivity (Wildman–Crippen MR) is 72.3 cm³/mol. The summed E-state index contributed by atoms with van der Waals surface area (Å²) in [5, 5.41) is 18.8. The Morgan fingerprint density at radius 3 is 2.50 bits per heavy atom. The average Bonchev–Trinajstić information content (AvgIpc) is 2.41. The molecule has 0 spiro atoms. The normalized spacial score (nSPS) is 33.0. The van der Waals surface area contributed by atoms with E-state index in [9.17, 15) is 18.3 Å². The van der Waals surface area contributed by atoms with Gasteiger partial charge in [0.25, 0.3) is 10.2 Å².